The van der Waals surface area contributed by atoms with E-state index in [0.717, 1.165) is 0 Å². The Morgan fingerprint density at radius 2 is 2.00 bits per heavy atom. The van der Waals surface area contributed by atoms with Crippen LogP contribution in [0.2, 0.25) is 0 Å². The Hall–Kier alpha value is -2.77. The van der Waals surface area contributed by atoms with E-state index in [1.807, 2.05) is 0 Å². The molecule has 1 aromatic heterocycles. The maximum Gasteiger partial charge on any atom is 0.337 e. The van der Waals surface area contributed by atoms with Crippen molar-refractivity contribution in [2.24, 2.45) is 0 Å². The van der Waals surface area contributed by atoms with E-state index in [1.165, 1.54) is 42.4 Å². The second-order valence-corrected chi connectivity index (χ2v) is 3.50. The van der Waals surface area contributed by atoms with Crippen LogP contribution >= 0.6 is 0 Å². The van der Waals surface area contributed by atoms with Gasteiger partial charge in [0.25, 0.3) is 0 Å². The largest absolute Gasteiger partial charge is 0.465 e. The summed E-state index contributed by atoms with van der Waals surface area (Å²) in [5.74, 6) is -0.643. The SMILES string of the molecule is COC(=O)c1ccc(OC(=O)Cn2cnnn2)cc1. The molecule has 2 rings (SSSR count). The van der Waals surface area contributed by atoms with Gasteiger partial charge in [-0.25, -0.2) is 14.3 Å². The zero-order chi connectivity index (χ0) is 13.7. The molecule has 19 heavy (non-hydrogen) atoms. The summed E-state index contributed by atoms with van der Waals surface area (Å²) >= 11 is 0. The Morgan fingerprint density at radius 1 is 1.26 bits per heavy atom. The third-order valence-corrected chi connectivity index (χ3v) is 2.19. The van der Waals surface area contributed by atoms with Gasteiger partial charge in [0.1, 0.15) is 18.6 Å². The summed E-state index contributed by atoms with van der Waals surface area (Å²) in [6, 6.07) is 6.02. The van der Waals surface area contributed by atoms with Gasteiger partial charge in [-0.3, -0.25) is 0 Å². The van der Waals surface area contributed by atoms with Gasteiger partial charge in [0.05, 0.1) is 12.7 Å². The average molecular weight is 262 g/mol. The van der Waals surface area contributed by atoms with Gasteiger partial charge in [0, 0.05) is 0 Å². The summed E-state index contributed by atoms with van der Waals surface area (Å²) < 4.78 is 10.8. The first-order valence-corrected chi connectivity index (χ1v) is 5.29. The molecular weight excluding hydrogens is 252 g/mol. The van der Waals surface area contributed by atoms with Crippen molar-refractivity contribution in [3.05, 3.63) is 36.2 Å². The fraction of sp³-hybridized carbons (Fsp3) is 0.182. The Labute approximate surface area is 107 Å². The lowest BCUT2D eigenvalue weighted by Crippen LogP contribution is -2.16. The molecule has 0 radical (unpaired) electrons. The predicted octanol–water partition coefficient (Wildman–Crippen LogP) is 0.0653. The van der Waals surface area contributed by atoms with E-state index < -0.39 is 11.9 Å². The van der Waals surface area contributed by atoms with Crippen LogP contribution in [-0.4, -0.2) is 39.3 Å². The highest BCUT2D eigenvalue weighted by Gasteiger charge is 2.09. The molecule has 0 saturated carbocycles. The number of carbonyl (C=O) groups excluding carboxylic acids is 2. The number of nitrogens with zero attached hydrogens (tertiary/aromatic N) is 4. The van der Waals surface area contributed by atoms with Crippen molar-refractivity contribution in [3.63, 3.8) is 0 Å². The number of carbonyl (C=O) groups is 2. The highest BCUT2D eigenvalue weighted by atomic mass is 16.5. The second kappa shape index (κ2) is 5.71. The second-order valence-electron chi connectivity index (χ2n) is 3.50. The molecule has 0 bridgehead atoms. The topological polar surface area (TPSA) is 96.2 Å². The van der Waals surface area contributed by atoms with E-state index in [-0.39, 0.29) is 6.54 Å². The van der Waals surface area contributed by atoms with Crippen LogP contribution in [0.5, 0.6) is 5.75 Å². The predicted molar refractivity (Wildman–Crippen MR) is 61.2 cm³/mol. The summed E-state index contributed by atoms with van der Waals surface area (Å²) in [6.45, 7) is -0.0915. The van der Waals surface area contributed by atoms with E-state index in [0.29, 0.717) is 11.3 Å². The fourth-order valence-electron chi connectivity index (χ4n) is 1.33. The number of benzene rings is 1. The Balaban J connectivity index is 1.96. The number of rotatable bonds is 4. The van der Waals surface area contributed by atoms with Gasteiger partial charge in [-0.1, -0.05) is 0 Å². The van der Waals surface area contributed by atoms with Gasteiger partial charge in [0.15, 0.2) is 0 Å². The Bertz CT molecular complexity index is 565. The molecule has 1 heterocycles. The van der Waals surface area contributed by atoms with Gasteiger partial charge in [-0.2, -0.15) is 0 Å². The lowest BCUT2D eigenvalue weighted by molar-refractivity contribution is -0.135. The van der Waals surface area contributed by atoms with E-state index in [9.17, 15) is 9.59 Å². The van der Waals surface area contributed by atoms with E-state index in [1.54, 1.807) is 0 Å². The van der Waals surface area contributed by atoms with Crippen molar-refractivity contribution < 1.29 is 19.1 Å². The minimum Gasteiger partial charge on any atom is -0.465 e. The van der Waals surface area contributed by atoms with Crippen molar-refractivity contribution in [1.29, 1.82) is 0 Å². The number of tetrazole rings is 1. The minimum atomic E-state index is -0.516. The third kappa shape index (κ3) is 3.35. The average Bonchev–Trinajstić information content (AvgIpc) is 2.91. The summed E-state index contributed by atoms with van der Waals surface area (Å²) in [5, 5.41) is 10.3. The summed E-state index contributed by atoms with van der Waals surface area (Å²) in [4.78, 5) is 22.7. The smallest absolute Gasteiger partial charge is 0.337 e. The zero-order valence-electron chi connectivity index (χ0n) is 10.0. The minimum absolute atomic E-state index is 0.0915. The molecule has 98 valence electrons. The van der Waals surface area contributed by atoms with Crippen LogP contribution < -0.4 is 4.74 Å². The molecule has 0 aliphatic rings. The Kier molecular flexibility index (Phi) is 3.81. The van der Waals surface area contributed by atoms with Crippen molar-refractivity contribution in [1.82, 2.24) is 20.2 Å². The molecule has 0 aliphatic heterocycles. The lowest BCUT2D eigenvalue weighted by Gasteiger charge is -2.04. The molecular formula is C11H10N4O4. The Morgan fingerprint density at radius 3 is 2.58 bits per heavy atom. The molecule has 0 atom stereocenters. The highest BCUT2D eigenvalue weighted by Crippen LogP contribution is 2.13. The van der Waals surface area contributed by atoms with Crippen molar-refractivity contribution in [2.45, 2.75) is 6.54 Å². The number of ether oxygens (including phenoxy) is 2. The number of methoxy groups -OCH3 is 1. The van der Waals surface area contributed by atoms with Gasteiger partial charge in [0.2, 0.25) is 0 Å². The summed E-state index contributed by atoms with van der Waals surface area (Å²) in [7, 11) is 1.29. The lowest BCUT2D eigenvalue weighted by atomic mass is 10.2. The van der Waals surface area contributed by atoms with Gasteiger partial charge < -0.3 is 9.47 Å². The van der Waals surface area contributed by atoms with Gasteiger partial charge in [-0.15, -0.1) is 5.10 Å². The van der Waals surface area contributed by atoms with Crippen molar-refractivity contribution in [2.75, 3.05) is 7.11 Å². The van der Waals surface area contributed by atoms with E-state index in [2.05, 4.69) is 20.3 Å². The monoisotopic (exact) mass is 262 g/mol. The number of esters is 2. The molecule has 0 N–H and O–H groups in total. The molecule has 8 nitrogen and oxygen atoms in total. The molecule has 1 aromatic carbocycles. The van der Waals surface area contributed by atoms with Crippen LogP contribution in [0.3, 0.4) is 0 Å². The molecule has 8 heteroatoms. The van der Waals surface area contributed by atoms with Crippen LogP contribution in [0.1, 0.15) is 10.4 Å². The molecule has 2 aromatic rings. The third-order valence-electron chi connectivity index (χ3n) is 2.19. The summed E-state index contributed by atoms with van der Waals surface area (Å²) in [6.07, 6.45) is 1.31. The molecule has 0 aliphatic carbocycles. The molecule has 0 amide bonds. The quantitative estimate of drug-likeness (QED) is 0.568. The normalized spacial score (nSPS) is 9.95. The van der Waals surface area contributed by atoms with Crippen LogP contribution in [0.25, 0.3) is 0 Å². The van der Waals surface area contributed by atoms with Gasteiger partial charge in [-0.05, 0) is 34.7 Å². The molecule has 0 unspecified atom stereocenters. The number of hydrogen-bond acceptors (Lipinski definition) is 7. The van der Waals surface area contributed by atoms with Crippen LogP contribution in [0.4, 0.5) is 0 Å². The van der Waals surface area contributed by atoms with Crippen LogP contribution in [-0.2, 0) is 16.1 Å². The number of hydrogen-bond donors (Lipinski definition) is 0. The summed E-state index contributed by atoms with van der Waals surface area (Å²) in [5.41, 5.74) is 0.378. The zero-order valence-corrected chi connectivity index (χ0v) is 10.0. The molecule has 0 fully saturated rings. The first-order valence-electron chi connectivity index (χ1n) is 5.29. The van der Waals surface area contributed by atoms with E-state index >= 15 is 0 Å². The maximum absolute atomic E-state index is 11.5. The van der Waals surface area contributed by atoms with Crippen molar-refractivity contribution in [3.8, 4) is 5.75 Å². The van der Waals surface area contributed by atoms with Crippen LogP contribution in [0, 0.1) is 0 Å². The molecule has 0 saturated heterocycles. The van der Waals surface area contributed by atoms with Crippen LogP contribution in [0.15, 0.2) is 30.6 Å². The fourth-order valence-corrected chi connectivity index (χ4v) is 1.33. The van der Waals surface area contributed by atoms with Crippen molar-refractivity contribution >= 4 is 11.9 Å². The standard InChI is InChI=1S/C11H10N4O4/c1-18-11(17)8-2-4-9(5-3-8)19-10(16)6-15-7-12-13-14-15/h2-5,7H,6H2,1H3. The number of aromatic nitrogens is 4. The van der Waals surface area contributed by atoms with Gasteiger partial charge >= 0.3 is 11.9 Å². The molecule has 0 spiro atoms. The first kappa shape index (κ1) is 12.7. The first-order chi connectivity index (χ1) is 9.19. The maximum atomic E-state index is 11.5. The van der Waals surface area contributed by atoms with E-state index in [4.69, 9.17) is 4.74 Å². The highest BCUT2D eigenvalue weighted by molar-refractivity contribution is 5.89.